The number of pyridine rings is 1. The number of para-hydroxylation sites is 1. The van der Waals surface area contributed by atoms with Gasteiger partial charge in [-0.25, -0.2) is 13.1 Å². The van der Waals surface area contributed by atoms with Crippen LogP contribution in [0.2, 0.25) is 0 Å². The van der Waals surface area contributed by atoms with E-state index in [0.29, 0.717) is 18.8 Å². The highest BCUT2D eigenvalue weighted by Gasteiger charge is 2.22. The fourth-order valence-electron chi connectivity index (χ4n) is 2.82. The van der Waals surface area contributed by atoms with Crippen LogP contribution in [0.3, 0.4) is 0 Å². The Morgan fingerprint density at radius 2 is 1.89 bits per heavy atom. The Morgan fingerprint density at radius 1 is 1.14 bits per heavy atom. The van der Waals surface area contributed by atoms with Crippen molar-refractivity contribution in [2.24, 2.45) is 0 Å². The predicted molar refractivity (Wildman–Crippen MR) is 105 cm³/mol. The van der Waals surface area contributed by atoms with E-state index in [4.69, 9.17) is 4.74 Å². The third-order valence-corrected chi connectivity index (χ3v) is 5.81. The topological polar surface area (TPSA) is 111 Å². The molecule has 0 atom stereocenters. The zero-order valence-corrected chi connectivity index (χ0v) is 16.0. The van der Waals surface area contributed by atoms with Crippen molar-refractivity contribution in [3.63, 3.8) is 0 Å². The second-order valence-corrected chi connectivity index (χ2v) is 7.82. The molecule has 0 saturated heterocycles. The number of rotatable bonds is 8. The van der Waals surface area contributed by atoms with E-state index in [9.17, 15) is 18.5 Å². The maximum atomic E-state index is 12.5. The molecule has 0 aliphatic heterocycles. The molecule has 0 unspecified atom stereocenters. The molecule has 1 N–H and O–H groups in total. The van der Waals surface area contributed by atoms with E-state index in [1.807, 2.05) is 30.3 Å². The summed E-state index contributed by atoms with van der Waals surface area (Å²) < 4.78 is 33.1. The SMILES string of the molecule is Cc1c([N+](=O)[O-])cccc1S(=O)(=O)NCCCOc1cccc2cccnc12. The fourth-order valence-corrected chi connectivity index (χ4v) is 4.16. The van der Waals surface area contributed by atoms with Crippen LogP contribution in [-0.4, -0.2) is 31.5 Å². The normalized spacial score (nSPS) is 11.5. The number of aromatic nitrogens is 1. The van der Waals surface area contributed by atoms with Crippen molar-refractivity contribution in [1.29, 1.82) is 0 Å². The van der Waals surface area contributed by atoms with Gasteiger partial charge in [0, 0.05) is 29.8 Å². The van der Waals surface area contributed by atoms with Crippen molar-refractivity contribution in [2.75, 3.05) is 13.2 Å². The van der Waals surface area contributed by atoms with Crippen LogP contribution in [0.4, 0.5) is 5.69 Å². The van der Waals surface area contributed by atoms with Gasteiger partial charge in [-0.05, 0) is 31.5 Å². The zero-order chi connectivity index (χ0) is 20.1. The smallest absolute Gasteiger partial charge is 0.273 e. The molecule has 146 valence electrons. The molecule has 28 heavy (non-hydrogen) atoms. The standard InChI is InChI=1S/C19H19N3O5S/c1-14-16(22(23)24)8-3-10-18(14)28(25,26)21-12-5-13-27-17-9-2-6-15-7-4-11-20-19(15)17/h2-4,6-11,21H,5,12-13H2,1H3. The van der Waals surface area contributed by atoms with Gasteiger partial charge in [0.2, 0.25) is 10.0 Å². The van der Waals surface area contributed by atoms with Gasteiger partial charge in [0.25, 0.3) is 5.69 Å². The lowest BCUT2D eigenvalue weighted by Crippen LogP contribution is -2.26. The number of nitrogens with one attached hydrogen (secondary N) is 1. The third kappa shape index (κ3) is 4.26. The molecule has 0 spiro atoms. The van der Waals surface area contributed by atoms with Gasteiger partial charge in [-0.1, -0.05) is 24.3 Å². The summed E-state index contributed by atoms with van der Waals surface area (Å²) in [7, 11) is -3.85. The summed E-state index contributed by atoms with van der Waals surface area (Å²) in [5, 5.41) is 12.0. The zero-order valence-electron chi connectivity index (χ0n) is 15.2. The highest BCUT2D eigenvalue weighted by molar-refractivity contribution is 7.89. The molecular formula is C19H19N3O5S. The number of nitro groups is 1. The monoisotopic (exact) mass is 401 g/mol. The molecule has 0 fully saturated rings. The molecule has 8 nitrogen and oxygen atoms in total. The van der Waals surface area contributed by atoms with E-state index >= 15 is 0 Å². The third-order valence-electron chi connectivity index (χ3n) is 4.21. The Bertz CT molecular complexity index is 1110. The van der Waals surface area contributed by atoms with Gasteiger partial charge in [0.1, 0.15) is 11.3 Å². The lowest BCUT2D eigenvalue weighted by atomic mass is 10.2. The lowest BCUT2D eigenvalue weighted by Gasteiger charge is -2.11. The maximum Gasteiger partial charge on any atom is 0.273 e. The minimum Gasteiger partial charge on any atom is -0.491 e. The minimum absolute atomic E-state index is 0.0964. The van der Waals surface area contributed by atoms with Crippen molar-refractivity contribution >= 4 is 26.6 Å². The van der Waals surface area contributed by atoms with Gasteiger partial charge in [-0.3, -0.25) is 15.1 Å². The molecule has 0 aliphatic rings. The molecule has 0 aliphatic carbocycles. The Kier molecular flexibility index (Phi) is 5.86. The Labute approximate surface area is 162 Å². The second-order valence-electron chi connectivity index (χ2n) is 6.09. The van der Waals surface area contributed by atoms with E-state index in [-0.39, 0.29) is 22.7 Å². The van der Waals surface area contributed by atoms with Crippen LogP contribution in [0.5, 0.6) is 5.75 Å². The summed E-state index contributed by atoms with van der Waals surface area (Å²) in [4.78, 5) is 14.6. The Hall–Kier alpha value is -3.04. The maximum absolute atomic E-state index is 12.5. The van der Waals surface area contributed by atoms with Crippen LogP contribution in [0, 0.1) is 17.0 Å². The van der Waals surface area contributed by atoms with E-state index in [1.165, 1.54) is 25.1 Å². The largest absolute Gasteiger partial charge is 0.491 e. The number of hydrogen-bond acceptors (Lipinski definition) is 6. The highest BCUT2D eigenvalue weighted by atomic mass is 32.2. The number of nitrogens with zero attached hydrogens (tertiary/aromatic N) is 2. The summed E-state index contributed by atoms with van der Waals surface area (Å²) in [5.41, 5.74) is 0.630. The summed E-state index contributed by atoms with van der Waals surface area (Å²) >= 11 is 0. The quantitative estimate of drug-likeness (QED) is 0.352. The molecular weight excluding hydrogens is 382 g/mol. The summed E-state index contributed by atoms with van der Waals surface area (Å²) in [6, 6.07) is 13.4. The predicted octanol–water partition coefficient (Wildman–Crippen LogP) is 3.20. The molecule has 0 amide bonds. The van der Waals surface area contributed by atoms with Crippen LogP contribution >= 0.6 is 0 Å². The van der Waals surface area contributed by atoms with Crippen LogP contribution in [0.1, 0.15) is 12.0 Å². The number of nitro benzene ring substituents is 1. The molecule has 0 radical (unpaired) electrons. The Morgan fingerprint density at radius 3 is 2.68 bits per heavy atom. The van der Waals surface area contributed by atoms with Crippen molar-refractivity contribution in [2.45, 2.75) is 18.2 Å². The van der Waals surface area contributed by atoms with Gasteiger partial charge in [-0.15, -0.1) is 0 Å². The van der Waals surface area contributed by atoms with Crippen LogP contribution in [0.15, 0.2) is 59.6 Å². The molecule has 1 aromatic heterocycles. The van der Waals surface area contributed by atoms with Gasteiger partial charge in [-0.2, -0.15) is 0 Å². The highest BCUT2D eigenvalue weighted by Crippen LogP contribution is 2.25. The van der Waals surface area contributed by atoms with Crippen molar-refractivity contribution in [3.8, 4) is 5.75 Å². The summed E-state index contributed by atoms with van der Waals surface area (Å²) in [5.74, 6) is 0.635. The molecule has 0 saturated carbocycles. The number of fused-ring (bicyclic) bond motifs is 1. The molecule has 2 aromatic carbocycles. The fraction of sp³-hybridized carbons (Fsp3) is 0.211. The Balaban J connectivity index is 1.59. The van der Waals surface area contributed by atoms with Crippen LogP contribution in [0.25, 0.3) is 10.9 Å². The van der Waals surface area contributed by atoms with Crippen molar-refractivity contribution in [1.82, 2.24) is 9.71 Å². The number of ether oxygens (including phenoxy) is 1. The second kappa shape index (κ2) is 8.32. The van der Waals surface area contributed by atoms with Crippen LogP contribution in [-0.2, 0) is 10.0 Å². The summed E-state index contributed by atoms with van der Waals surface area (Å²) in [6.07, 6.45) is 2.11. The molecule has 3 rings (SSSR count). The minimum atomic E-state index is -3.85. The number of sulfonamides is 1. The summed E-state index contributed by atoms with van der Waals surface area (Å²) in [6.45, 7) is 1.86. The molecule has 9 heteroatoms. The van der Waals surface area contributed by atoms with Crippen molar-refractivity contribution in [3.05, 3.63) is 70.4 Å². The van der Waals surface area contributed by atoms with Gasteiger partial charge in [0.15, 0.2) is 0 Å². The van der Waals surface area contributed by atoms with E-state index in [1.54, 1.807) is 6.20 Å². The number of hydrogen-bond donors (Lipinski definition) is 1. The average Bonchev–Trinajstić information content (AvgIpc) is 2.67. The van der Waals surface area contributed by atoms with Gasteiger partial charge >= 0.3 is 0 Å². The average molecular weight is 401 g/mol. The first-order valence-electron chi connectivity index (χ1n) is 8.60. The molecule has 0 bridgehead atoms. The number of benzene rings is 2. The first-order valence-corrected chi connectivity index (χ1v) is 10.1. The van der Waals surface area contributed by atoms with E-state index in [2.05, 4.69) is 9.71 Å². The van der Waals surface area contributed by atoms with E-state index < -0.39 is 14.9 Å². The molecule has 1 heterocycles. The van der Waals surface area contributed by atoms with Gasteiger partial charge in [0.05, 0.1) is 16.4 Å². The molecule has 3 aromatic rings. The van der Waals surface area contributed by atoms with Gasteiger partial charge < -0.3 is 4.74 Å². The first kappa shape index (κ1) is 19.7. The van der Waals surface area contributed by atoms with E-state index in [0.717, 1.165) is 10.9 Å². The lowest BCUT2D eigenvalue weighted by molar-refractivity contribution is -0.385. The first-order chi connectivity index (χ1) is 13.4. The van der Waals surface area contributed by atoms with Crippen molar-refractivity contribution < 1.29 is 18.1 Å². The van der Waals surface area contributed by atoms with Crippen LogP contribution < -0.4 is 9.46 Å².